The summed E-state index contributed by atoms with van der Waals surface area (Å²) < 4.78 is 4.53. The Morgan fingerprint density at radius 3 is 2.87 bits per heavy atom. The van der Waals surface area contributed by atoms with E-state index in [4.69, 9.17) is 5.73 Å². The van der Waals surface area contributed by atoms with Gasteiger partial charge in [0.05, 0.1) is 13.7 Å². The van der Waals surface area contributed by atoms with Crippen LogP contribution in [0.25, 0.3) is 0 Å². The van der Waals surface area contributed by atoms with Gasteiger partial charge in [0.25, 0.3) is 0 Å². The molecule has 0 atom stereocenters. The maximum Gasteiger partial charge on any atom is 0.354 e. The third-order valence-electron chi connectivity index (χ3n) is 1.77. The molecule has 0 unspecified atom stereocenters. The number of methoxy groups -OCH3 is 1. The molecule has 0 aliphatic rings. The van der Waals surface area contributed by atoms with Crippen LogP contribution in [0, 0.1) is 0 Å². The molecule has 1 rings (SSSR count). The summed E-state index contributed by atoms with van der Waals surface area (Å²) in [5.41, 5.74) is 6.12. The Labute approximate surface area is 86.8 Å². The van der Waals surface area contributed by atoms with Crippen LogP contribution in [0.15, 0.2) is 12.1 Å². The summed E-state index contributed by atoms with van der Waals surface area (Å²) in [6, 6.07) is 3.35. The zero-order valence-electron chi connectivity index (χ0n) is 8.37. The zero-order valence-corrected chi connectivity index (χ0v) is 8.37. The number of rotatable bonds is 5. The molecule has 4 N–H and O–H groups in total. The van der Waals surface area contributed by atoms with Crippen LogP contribution < -0.4 is 11.1 Å². The smallest absolute Gasteiger partial charge is 0.354 e. The van der Waals surface area contributed by atoms with Crippen molar-refractivity contribution in [1.82, 2.24) is 10.3 Å². The number of aromatic amines is 1. The Kier molecular flexibility index (Phi) is 3.87. The Morgan fingerprint density at radius 2 is 2.27 bits per heavy atom. The third-order valence-corrected chi connectivity index (χ3v) is 1.77. The first kappa shape index (κ1) is 11.3. The van der Waals surface area contributed by atoms with E-state index in [-0.39, 0.29) is 6.54 Å². The normalized spacial score (nSPS) is 9.93. The minimum absolute atomic E-state index is 0.104. The third kappa shape index (κ3) is 3.43. The SMILES string of the molecule is COC(=O)c1ccc(CNCC(N)=O)[nH]1. The minimum Gasteiger partial charge on any atom is -0.464 e. The lowest BCUT2D eigenvalue weighted by molar-refractivity contribution is -0.117. The molecule has 0 aromatic carbocycles. The van der Waals surface area contributed by atoms with Crippen LogP contribution in [-0.4, -0.2) is 30.5 Å². The van der Waals surface area contributed by atoms with Crippen LogP contribution in [0.5, 0.6) is 0 Å². The van der Waals surface area contributed by atoms with Crippen molar-refractivity contribution >= 4 is 11.9 Å². The Morgan fingerprint density at radius 1 is 1.53 bits per heavy atom. The molecule has 0 bridgehead atoms. The molecule has 0 spiro atoms. The highest BCUT2D eigenvalue weighted by Gasteiger charge is 2.07. The molecule has 82 valence electrons. The van der Waals surface area contributed by atoms with Crippen LogP contribution in [0.3, 0.4) is 0 Å². The van der Waals surface area contributed by atoms with Gasteiger partial charge in [-0.3, -0.25) is 4.79 Å². The van der Waals surface area contributed by atoms with Crippen molar-refractivity contribution in [3.63, 3.8) is 0 Å². The van der Waals surface area contributed by atoms with Crippen LogP contribution in [0.4, 0.5) is 0 Å². The number of carbonyl (C=O) groups excluding carboxylic acids is 2. The molecule has 0 aliphatic carbocycles. The number of nitrogens with one attached hydrogen (secondary N) is 2. The van der Waals surface area contributed by atoms with Gasteiger partial charge in [-0.1, -0.05) is 0 Å². The van der Waals surface area contributed by atoms with Gasteiger partial charge in [0.2, 0.25) is 5.91 Å². The van der Waals surface area contributed by atoms with Gasteiger partial charge in [-0.25, -0.2) is 4.79 Å². The van der Waals surface area contributed by atoms with Crippen molar-refractivity contribution in [1.29, 1.82) is 0 Å². The lowest BCUT2D eigenvalue weighted by Crippen LogP contribution is -2.28. The quantitative estimate of drug-likeness (QED) is 0.565. The van der Waals surface area contributed by atoms with E-state index in [1.807, 2.05) is 0 Å². The first-order chi connectivity index (χ1) is 7.13. The fraction of sp³-hybridized carbons (Fsp3) is 0.333. The average molecular weight is 211 g/mol. The molecule has 1 aromatic rings. The summed E-state index contributed by atoms with van der Waals surface area (Å²) in [6.45, 7) is 0.548. The summed E-state index contributed by atoms with van der Waals surface area (Å²) in [6.07, 6.45) is 0. The van der Waals surface area contributed by atoms with Crippen molar-refractivity contribution in [2.75, 3.05) is 13.7 Å². The van der Waals surface area contributed by atoms with E-state index >= 15 is 0 Å². The van der Waals surface area contributed by atoms with Gasteiger partial charge < -0.3 is 20.8 Å². The lowest BCUT2D eigenvalue weighted by Gasteiger charge is -1.99. The average Bonchev–Trinajstić information content (AvgIpc) is 2.65. The first-order valence-corrected chi connectivity index (χ1v) is 4.38. The van der Waals surface area contributed by atoms with Crippen LogP contribution in [0.2, 0.25) is 0 Å². The van der Waals surface area contributed by atoms with Crippen molar-refractivity contribution in [2.24, 2.45) is 5.73 Å². The largest absolute Gasteiger partial charge is 0.464 e. The van der Waals surface area contributed by atoms with Crippen LogP contribution in [0.1, 0.15) is 16.2 Å². The number of amides is 1. The number of primary amides is 1. The topological polar surface area (TPSA) is 97.2 Å². The lowest BCUT2D eigenvalue weighted by atomic mass is 10.4. The summed E-state index contributed by atoms with van der Waals surface area (Å²) in [5, 5.41) is 2.81. The van der Waals surface area contributed by atoms with Crippen LogP contribution in [-0.2, 0) is 16.1 Å². The second kappa shape index (κ2) is 5.16. The van der Waals surface area contributed by atoms with Gasteiger partial charge in [-0.2, -0.15) is 0 Å². The highest BCUT2D eigenvalue weighted by atomic mass is 16.5. The molecule has 0 fully saturated rings. The van der Waals surface area contributed by atoms with E-state index in [2.05, 4.69) is 15.0 Å². The van der Waals surface area contributed by atoms with Crippen LogP contribution >= 0.6 is 0 Å². The van der Waals surface area contributed by atoms with Crippen molar-refractivity contribution in [2.45, 2.75) is 6.54 Å². The summed E-state index contributed by atoms with van der Waals surface area (Å²) in [7, 11) is 1.31. The van der Waals surface area contributed by atoms with Crippen molar-refractivity contribution < 1.29 is 14.3 Å². The first-order valence-electron chi connectivity index (χ1n) is 4.38. The second-order valence-corrected chi connectivity index (χ2v) is 2.96. The number of hydrogen-bond acceptors (Lipinski definition) is 4. The Hall–Kier alpha value is -1.82. The summed E-state index contributed by atoms with van der Waals surface area (Å²) in [4.78, 5) is 24.3. The molecule has 0 saturated carbocycles. The number of nitrogens with two attached hydrogens (primary N) is 1. The number of carbonyl (C=O) groups is 2. The number of H-pyrrole nitrogens is 1. The molecule has 6 nitrogen and oxygen atoms in total. The zero-order chi connectivity index (χ0) is 11.3. The number of aromatic nitrogens is 1. The molecule has 0 radical (unpaired) electrons. The van der Waals surface area contributed by atoms with Gasteiger partial charge in [0, 0.05) is 12.2 Å². The van der Waals surface area contributed by atoms with E-state index in [9.17, 15) is 9.59 Å². The minimum atomic E-state index is -0.422. The predicted octanol–water partition coefficient (Wildman–Crippen LogP) is -0.624. The van der Waals surface area contributed by atoms with Crippen molar-refractivity contribution in [3.8, 4) is 0 Å². The van der Waals surface area contributed by atoms with E-state index < -0.39 is 11.9 Å². The number of esters is 1. The highest BCUT2D eigenvalue weighted by molar-refractivity contribution is 5.87. The fourth-order valence-corrected chi connectivity index (χ4v) is 1.09. The Balaban J connectivity index is 2.46. The molecular weight excluding hydrogens is 198 g/mol. The van der Waals surface area contributed by atoms with E-state index in [1.54, 1.807) is 12.1 Å². The maximum atomic E-state index is 11.1. The van der Waals surface area contributed by atoms with Gasteiger partial charge in [-0.15, -0.1) is 0 Å². The highest BCUT2D eigenvalue weighted by Crippen LogP contribution is 2.02. The molecule has 6 heteroatoms. The number of ether oxygens (including phenoxy) is 1. The number of hydrogen-bond donors (Lipinski definition) is 3. The van der Waals surface area contributed by atoms with Gasteiger partial charge in [-0.05, 0) is 12.1 Å². The molecular formula is C9H13N3O3. The molecule has 0 saturated heterocycles. The standard InChI is InChI=1S/C9H13N3O3/c1-15-9(14)7-3-2-6(12-7)4-11-5-8(10)13/h2-3,11-12H,4-5H2,1H3,(H2,10,13). The molecule has 1 aromatic heterocycles. The monoisotopic (exact) mass is 211 g/mol. The fourth-order valence-electron chi connectivity index (χ4n) is 1.09. The van der Waals surface area contributed by atoms with Crippen molar-refractivity contribution in [3.05, 3.63) is 23.5 Å². The van der Waals surface area contributed by atoms with E-state index in [0.29, 0.717) is 12.2 Å². The van der Waals surface area contributed by atoms with E-state index in [0.717, 1.165) is 5.69 Å². The molecule has 0 aliphatic heterocycles. The molecule has 1 heterocycles. The summed E-state index contributed by atoms with van der Waals surface area (Å²) >= 11 is 0. The maximum absolute atomic E-state index is 11.1. The second-order valence-electron chi connectivity index (χ2n) is 2.96. The molecule has 1 amide bonds. The predicted molar refractivity (Wildman–Crippen MR) is 53.0 cm³/mol. The van der Waals surface area contributed by atoms with Gasteiger partial charge in [0.1, 0.15) is 5.69 Å². The van der Waals surface area contributed by atoms with Gasteiger partial charge >= 0.3 is 5.97 Å². The van der Waals surface area contributed by atoms with Gasteiger partial charge in [0.15, 0.2) is 0 Å². The summed E-state index contributed by atoms with van der Waals surface area (Å²) in [5.74, 6) is -0.842. The Bertz CT molecular complexity index is 359. The molecule has 15 heavy (non-hydrogen) atoms. The van der Waals surface area contributed by atoms with E-state index in [1.165, 1.54) is 7.11 Å².